The number of carbonyl (C=O) groups is 3. The van der Waals surface area contributed by atoms with E-state index in [4.69, 9.17) is 15.2 Å². The van der Waals surface area contributed by atoms with Crippen molar-refractivity contribution in [3.05, 3.63) is 118 Å². The predicted molar refractivity (Wildman–Crippen MR) is 223 cm³/mol. The summed E-state index contributed by atoms with van der Waals surface area (Å²) in [5.74, 6) is -2.11. The minimum atomic E-state index is -4.68. The Morgan fingerprint density at radius 1 is 0.794 bits per heavy atom. The van der Waals surface area contributed by atoms with Crippen molar-refractivity contribution in [2.24, 2.45) is 29.8 Å². The maximum atomic E-state index is 17.0. The van der Waals surface area contributed by atoms with Gasteiger partial charge in [0.15, 0.2) is 6.17 Å². The summed E-state index contributed by atoms with van der Waals surface area (Å²) in [5, 5.41) is 8.54. The SMILES string of the molecule is CCn1nc(C)cc1C(=O)N=c1n(C)c2cc(C(N)=O)cc(OCc3ccc(OC)cc3)c2n1CC(F)C(F)C(F)(F)n1c(=NC(=O)c2cc(C)nn2CC)n(C)c2ccccc21. The van der Waals surface area contributed by atoms with Crippen LogP contribution in [-0.4, -0.2) is 75.0 Å². The molecule has 0 fully saturated rings. The molecule has 3 amide bonds. The lowest BCUT2D eigenvalue weighted by molar-refractivity contribution is -0.165. The summed E-state index contributed by atoms with van der Waals surface area (Å²) in [6.45, 7) is 6.14. The van der Waals surface area contributed by atoms with Gasteiger partial charge in [-0.2, -0.15) is 29.0 Å². The maximum Gasteiger partial charge on any atom is 0.366 e. The van der Waals surface area contributed by atoms with Gasteiger partial charge in [-0.3, -0.25) is 23.7 Å². The number of para-hydroxylation sites is 2. The van der Waals surface area contributed by atoms with Crippen molar-refractivity contribution in [3.63, 3.8) is 0 Å². The van der Waals surface area contributed by atoms with E-state index >= 15 is 17.6 Å². The Morgan fingerprint density at radius 3 is 1.90 bits per heavy atom. The molecule has 7 aromatic rings. The molecule has 330 valence electrons. The third-order valence-corrected chi connectivity index (χ3v) is 10.6. The predicted octanol–water partition coefficient (Wildman–Crippen LogP) is 5.42. The molecule has 0 bridgehead atoms. The van der Waals surface area contributed by atoms with Crippen LogP contribution >= 0.6 is 0 Å². The number of benzene rings is 3. The van der Waals surface area contributed by atoms with Gasteiger partial charge in [0.05, 0.1) is 41.6 Å². The monoisotopic (exact) mass is 871 g/mol. The molecular formula is C43H45F4N11O5. The van der Waals surface area contributed by atoms with E-state index < -0.39 is 48.3 Å². The van der Waals surface area contributed by atoms with E-state index in [0.717, 1.165) is 4.57 Å². The normalized spacial score (nSPS) is 13.6. The molecule has 63 heavy (non-hydrogen) atoms. The van der Waals surface area contributed by atoms with Gasteiger partial charge < -0.3 is 28.9 Å². The molecule has 0 saturated carbocycles. The third kappa shape index (κ3) is 8.15. The smallest absolute Gasteiger partial charge is 0.366 e. The van der Waals surface area contributed by atoms with E-state index in [2.05, 4.69) is 20.2 Å². The van der Waals surface area contributed by atoms with Gasteiger partial charge in [0.1, 0.15) is 35.0 Å². The molecule has 20 heteroatoms. The van der Waals surface area contributed by atoms with Crippen molar-refractivity contribution in [1.29, 1.82) is 0 Å². The molecule has 0 aliphatic heterocycles. The zero-order valence-corrected chi connectivity index (χ0v) is 35.5. The highest BCUT2D eigenvalue weighted by molar-refractivity contribution is 5.99. The zero-order chi connectivity index (χ0) is 45.5. The van der Waals surface area contributed by atoms with Crippen LogP contribution in [0.3, 0.4) is 0 Å². The standard InChI is InChI=1S/C43H45F4N11O5/c1-8-56-33(18-24(3)51-56)39(60)49-41-54(6)32-20-27(38(48)59)21-35(63-23-26-14-16-28(62-7)17-15-26)36(32)55(41)22-29(44)37(45)43(46,47)58-31-13-11-10-12-30(31)53(5)42(58)50-40(61)34-19-25(4)52-57(34)9-2/h10-21,29,37H,8-9,22-23H2,1-7H3,(H2,48,59). The minimum absolute atomic E-state index is 0.00938. The molecule has 4 aromatic heterocycles. The van der Waals surface area contributed by atoms with Gasteiger partial charge in [-0.05, 0) is 81.8 Å². The number of primary amides is 1. The Morgan fingerprint density at radius 2 is 1.35 bits per heavy atom. The number of alkyl halides is 4. The summed E-state index contributed by atoms with van der Waals surface area (Å²) >= 11 is 0. The number of imidazole rings is 2. The van der Waals surface area contributed by atoms with E-state index in [1.54, 1.807) is 58.0 Å². The highest BCUT2D eigenvalue weighted by atomic mass is 19.3. The Bertz CT molecular complexity index is 3040. The van der Waals surface area contributed by atoms with Gasteiger partial charge in [-0.25, -0.2) is 13.3 Å². The van der Waals surface area contributed by atoms with Crippen molar-refractivity contribution < 1.29 is 41.4 Å². The van der Waals surface area contributed by atoms with E-state index in [-0.39, 0.29) is 68.1 Å². The van der Waals surface area contributed by atoms with Crippen molar-refractivity contribution in [2.75, 3.05) is 7.11 Å². The van der Waals surface area contributed by atoms with Crippen LogP contribution in [0.1, 0.15) is 62.1 Å². The first kappa shape index (κ1) is 43.8. The van der Waals surface area contributed by atoms with Crippen LogP contribution in [-0.2, 0) is 46.4 Å². The summed E-state index contributed by atoms with van der Waals surface area (Å²) in [7, 11) is 4.33. The number of amides is 3. The fraction of sp³-hybridized carbons (Fsp3) is 0.326. The number of nitrogens with zero attached hydrogens (tertiary/aromatic N) is 10. The van der Waals surface area contributed by atoms with Crippen molar-refractivity contribution in [2.45, 2.75) is 72.3 Å². The molecule has 2 unspecified atom stereocenters. The number of carbonyl (C=O) groups excluding carboxylic acids is 3. The fourth-order valence-corrected chi connectivity index (χ4v) is 7.50. The number of methoxy groups -OCH3 is 1. The number of hydrogen-bond acceptors (Lipinski definition) is 7. The van der Waals surface area contributed by atoms with Crippen LogP contribution in [0.2, 0.25) is 0 Å². The quantitative estimate of drug-likeness (QED) is 0.142. The van der Waals surface area contributed by atoms with Crippen LogP contribution < -0.4 is 26.4 Å². The van der Waals surface area contributed by atoms with Crippen LogP contribution in [0.5, 0.6) is 11.5 Å². The number of hydrogen-bond donors (Lipinski definition) is 1. The fourth-order valence-electron chi connectivity index (χ4n) is 7.50. The molecule has 0 spiro atoms. The molecule has 3 aromatic carbocycles. The molecule has 0 saturated heterocycles. The minimum Gasteiger partial charge on any atom is -0.497 e. The Labute approximate surface area is 357 Å². The van der Waals surface area contributed by atoms with Gasteiger partial charge in [0.25, 0.3) is 11.8 Å². The number of fused-ring (bicyclic) bond motifs is 2. The number of rotatable bonds is 14. The first-order valence-corrected chi connectivity index (χ1v) is 19.9. The average molecular weight is 872 g/mol. The average Bonchev–Trinajstić information content (AvgIpc) is 4.00. The summed E-state index contributed by atoms with van der Waals surface area (Å²) in [5.41, 5.74) is 6.47. The molecule has 2 atom stereocenters. The van der Waals surface area contributed by atoms with Crippen LogP contribution in [0.4, 0.5) is 17.6 Å². The topological polar surface area (TPSA) is 176 Å². The molecule has 2 N–H and O–H groups in total. The zero-order valence-electron chi connectivity index (χ0n) is 35.5. The molecular weight excluding hydrogens is 827 g/mol. The number of aromatic nitrogens is 8. The largest absolute Gasteiger partial charge is 0.497 e. The van der Waals surface area contributed by atoms with Crippen LogP contribution in [0.25, 0.3) is 22.1 Å². The number of aryl methyl sites for hydroxylation is 6. The number of nitrogens with two attached hydrogens (primary N) is 1. The van der Waals surface area contributed by atoms with Gasteiger partial charge >= 0.3 is 6.05 Å². The van der Waals surface area contributed by atoms with Crippen LogP contribution in [0, 0.1) is 13.8 Å². The first-order chi connectivity index (χ1) is 30.0. The van der Waals surface area contributed by atoms with Crippen molar-refractivity contribution in [1.82, 2.24) is 37.8 Å². The number of ether oxygens (including phenoxy) is 2. The Balaban J connectivity index is 1.38. The summed E-state index contributed by atoms with van der Waals surface area (Å²) < 4.78 is 85.6. The van der Waals surface area contributed by atoms with Crippen molar-refractivity contribution in [3.8, 4) is 11.5 Å². The van der Waals surface area contributed by atoms with E-state index in [1.807, 2.05) is 0 Å². The third-order valence-electron chi connectivity index (χ3n) is 10.6. The van der Waals surface area contributed by atoms with Crippen molar-refractivity contribution >= 4 is 39.8 Å². The first-order valence-electron chi connectivity index (χ1n) is 19.9. The molecule has 0 aliphatic rings. The van der Waals surface area contributed by atoms with E-state index in [1.165, 1.54) is 82.2 Å². The molecule has 4 heterocycles. The highest BCUT2D eigenvalue weighted by Gasteiger charge is 2.49. The summed E-state index contributed by atoms with van der Waals surface area (Å²) in [6, 6.07) is 13.5. The van der Waals surface area contributed by atoms with Gasteiger partial charge in [-0.15, -0.1) is 0 Å². The lowest BCUT2D eigenvalue weighted by Crippen LogP contribution is -2.47. The summed E-state index contributed by atoms with van der Waals surface area (Å²) in [6.07, 6.45) is -6.61. The second kappa shape index (κ2) is 17.3. The molecule has 0 aliphatic carbocycles. The Kier molecular flexibility index (Phi) is 12.0. The second-order valence-corrected chi connectivity index (χ2v) is 14.8. The van der Waals surface area contributed by atoms with Gasteiger partial charge in [0, 0.05) is 32.7 Å². The maximum absolute atomic E-state index is 17.0. The van der Waals surface area contributed by atoms with E-state index in [9.17, 15) is 14.4 Å². The lowest BCUT2D eigenvalue weighted by atomic mass is 10.1. The Hall–Kier alpha value is -7.25. The lowest BCUT2D eigenvalue weighted by Gasteiger charge is -2.25. The molecule has 0 radical (unpaired) electrons. The summed E-state index contributed by atoms with van der Waals surface area (Å²) in [4.78, 5) is 48.4. The molecule has 16 nitrogen and oxygen atoms in total. The van der Waals surface area contributed by atoms with Crippen LogP contribution in [0.15, 0.2) is 82.8 Å². The highest BCUT2D eigenvalue weighted by Crippen LogP contribution is 2.35. The van der Waals surface area contributed by atoms with Gasteiger partial charge in [0.2, 0.25) is 23.3 Å². The second-order valence-electron chi connectivity index (χ2n) is 14.8. The van der Waals surface area contributed by atoms with E-state index in [0.29, 0.717) is 29.2 Å². The molecule has 7 rings (SSSR count). The van der Waals surface area contributed by atoms with Gasteiger partial charge in [-0.1, -0.05) is 24.3 Å². The number of halogens is 4.